The second-order valence-electron chi connectivity index (χ2n) is 7.43. The third-order valence-electron chi connectivity index (χ3n) is 5.64. The molecule has 0 N–H and O–H groups in total. The Morgan fingerprint density at radius 2 is 2.12 bits per heavy atom. The summed E-state index contributed by atoms with van der Waals surface area (Å²) in [6.45, 7) is 3.32. The Labute approximate surface area is 159 Å². The van der Waals surface area contributed by atoms with Crippen molar-refractivity contribution in [3.63, 3.8) is 0 Å². The highest BCUT2D eigenvalue weighted by Crippen LogP contribution is 2.36. The van der Waals surface area contributed by atoms with Crippen LogP contribution in [0.25, 0.3) is 0 Å². The molecule has 0 radical (unpaired) electrons. The monoisotopic (exact) mass is 370 g/mol. The maximum Gasteiger partial charge on any atom is 0.254 e. The molecular weight excluding hydrogens is 344 g/mol. The zero-order valence-electron chi connectivity index (χ0n) is 15.3. The van der Waals surface area contributed by atoms with Gasteiger partial charge in [-0.25, -0.2) is 4.98 Å². The van der Waals surface area contributed by atoms with Gasteiger partial charge >= 0.3 is 0 Å². The van der Waals surface area contributed by atoms with Gasteiger partial charge in [-0.15, -0.1) is 11.3 Å². The van der Waals surface area contributed by atoms with Crippen LogP contribution >= 0.6 is 11.3 Å². The molecule has 5 heteroatoms. The summed E-state index contributed by atoms with van der Waals surface area (Å²) in [5, 5.41) is 3.06. The first-order valence-corrected chi connectivity index (χ1v) is 10.5. The third kappa shape index (κ3) is 3.78. The normalized spacial score (nSPS) is 22.7. The molecule has 1 aromatic carbocycles. The second-order valence-corrected chi connectivity index (χ2v) is 8.49. The number of carbonyl (C=O) groups is 1. The maximum absolute atomic E-state index is 13.1. The lowest BCUT2D eigenvalue weighted by molar-refractivity contribution is 0.0390. The summed E-state index contributed by atoms with van der Waals surface area (Å²) in [6.07, 6.45) is 7.43. The van der Waals surface area contributed by atoms with Crippen LogP contribution in [0, 0.1) is 12.8 Å². The van der Waals surface area contributed by atoms with Crippen molar-refractivity contribution in [2.45, 2.75) is 58.1 Å². The van der Waals surface area contributed by atoms with Crippen LogP contribution in [-0.4, -0.2) is 28.4 Å². The smallest absolute Gasteiger partial charge is 0.254 e. The van der Waals surface area contributed by atoms with Crippen molar-refractivity contribution in [3.05, 3.63) is 45.9 Å². The average molecular weight is 371 g/mol. The summed E-state index contributed by atoms with van der Waals surface area (Å²) in [4.78, 5) is 19.7. The van der Waals surface area contributed by atoms with E-state index in [-0.39, 0.29) is 5.91 Å². The van der Waals surface area contributed by atoms with Gasteiger partial charge in [0.05, 0.1) is 10.7 Å². The van der Waals surface area contributed by atoms with E-state index in [1.165, 1.54) is 25.7 Å². The summed E-state index contributed by atoms with van der Waals surface area (Å²) in [5.74, 6) is 1.60. The molecule has 1 aliphatic carbocycles. The van der Waals surface area contributed by atoms with E-state index in [4.69, 9.17) is 4.74 Å². The number of nitrogens with zero attached hydrogens (tertiary/aromatic N) is 2. The molecule has 26 heavy (non-hydrogen) atoms. The van der Waals surface area contributed by atoms with E-state index in [9.17, 15) is 4.79 Å². The molecule has 2 aromatic rings. The molecule has 1 aromatic heterocycles. The molecule has 4 nitrogen and oxygen atoms in total. The van der Waals surface area contributed by atoms with Gasteiger partial charge in [0.25, 0.3) is 5.91 Å². The van der Waals surface area contributed by atoms with Crippen LogP contribution in [0.1, 0.15) is 59.6 Å². The summed E-state index contributed by atoms with van der Waals surface area (Å²) < 4.78 is 5.86. The molecule has 2 aliphatic rings. The number of fused-ring (bicyclic) bond motifs is 1. The van der Waals surface area contributed by atoms with Crippen molar-refractivity contribution < 1.29 is 9.53 Å². The molecule has 0 unspecified atom stereocenters. The van der Waals surface area contributed by atoms with Crippen molar-refractivity contribution in [2.24, 2.45) is 5.92 Å². The minimum Gasteiger partial charge on any atom is -0.487 e. The number of amides is 1. The SMILES string of the molecule is Cc1nc(COc2cccc(C(=O)N3CCC[C@H]4CCCC[C@@H]43)c2)cs1. The van der Waals surface area contributed by atoms with Crippen molar-refractivity contribution in [1.82, 2.24) is 9.88 Å². The number of piperidine rings is 1. The third-order valence-corrected chi connectivity index (χ3v) is 6.46. The molecule has 2 heterocycles. The van der Waals surface area contributed by atoms with Crippen LogP contribution in [0.4, 0.5) is 0 Å². The number of aromatic nitrogens is 1. The Morgan fingerprint density at radius 1 is 1.27 bits per heavy atom. The van der Waals surface area contributed by atoms with Crippen molar-refractivity contribution in [1.29, 1.82) is 0 Å². The van der Waals surface area contributed by atoms with Gasteiger partial charge in [0.15, 0.2) is 0 Å². The second kappa shape index (κ2) is 7.78. The van der Waals surface area contributed by atoms with Crippen molar-refractivity contribution in [3.8, 4) is 5.75 Å². The molecule has 1 aliphatic heterocycles. The molecular formula is C21H26N2O2S. The Kier molecular flexibility index (Phi) is 5.25. The van der Waals surface area contributed by atoms with E-state index >= 15 is 0 Å². The number of carbonyl (C=O) groups excluding carboxylic acids is 1. The van der Waals surface area contributed by atoms with Gasteiger partial charge in [0.2, 0.25) is 0 Å². The first-order chi connectivity index (χ1) is 12.7. The summed E-state index contributed by atoms with van der Waals surface area (Å²) >= 11 is 1.62. The summed E-state index contributed by atoms with van der Waals surface area (Å²) in [6, 6.07) is 8.06. The Balaban J connectivity index is 1.45. The Bertz CT molecular complexity index is 771. The molecule has 0 bridgehead atoms. The molecule has 1 saturated carbocycles. The molecule has 0 spiro atoms. The Morgan fingerprint density at radius 3 is 2.96 bits per heavy atom. The number of hydrogen-bond acceptors (Lipinski definition) is 4. The topological polar surface area (TPSA) is 42.4 Å². The van der Waals surface area contributed by atoms with Crippen LogP contribution in [0.5, 0.6) is 5.75 Å². The van der Waals surface area contributed by atoms with Crippen LogP contribution in [0.15, 0.2) is 29.6 Å². The quantitative estimate of drug-likeness (QED) is 0.774. The van der Waals surface area contributed by atoms with E-state index in [1.807, 2.05) is 36.6 Å². The lowest BCUT2D eigenvalue weighted by atomic mass is 9.78. The lowest BCUT2D eigenvalue weighted by Gasteiger charge is -2.44. The number of thiazole rings is 1. The fourth-order valence-corrected chi connectivity index (χ4v) is 4.99. The predicted octanol–water partition coefficient (Wildman–Crippen LogP) is 4.83. The van der Waals surface area contributed by atoms with Gasteiger partial charge in [0.1, 0.15) is 12.4 Å². The Hall–Kier alpha value is -1.88. The number of rotatable bonds is 4. The number of ether oxygens (including phenoxy) is 1. The molecule has 138 valence electrons. The number of aryl methyl sites for hydroxylation is 1. The van der Waals surface area contributed by atoms with E-state index in [2.05, 4.69) is 9.88 Å². The van der Waals surface area contributed by atoms with Gasteiger partial charge in [0, 0.05) is 23.5 Å². The van der Waals surface area contributed by atoms with Crippen LogP contribution in [0.2, 0.25) is 0 Å². The fraction of sp³-hybridized carbons (Fsp3) is 0.524. The van der Waals surface area contributed by atoms with E-state index in [0.717, 1.165) is 41.4 Å². The standard InChI is InChI=1S/C21H26N2O2S/c1-15-22-18(14-26-15)13-25-19-9-4-7-17(12-19)21(24)23-11-5-8-16-6-2-3-10-20(16)23/h4,7,9,12,14,16,20H,2-3,5-6,8,10-11,13H2,1H3/t16-,20+/m1/s1. The van der Waals surface area contributed by atoms with Crippen molar-refractivity contribution >= 4 is 17.2 Å². The molecule has 1 amide bonds. The summed E-state index contributed by atoms with van der Waals surface area (Å²) in [7, 11) is 0. The summed E-state index contributed by atoms with van der Waals surface area (Å²) in [5.41, 5.74) is 1.67. The molecule has 2 atom stereocenters. The minimum atomic E-state index is 0.163. The highest BCUT2D eigenvalue weighted by atomic mass is 32.1. The van der Waals surface area contributed by atoms with Crippen LogP contribution in [0.3, 0.4) is 0 Å². The van der Waals surface area contributed by atoms with E-state index in [1.54, 1.807) is 11.3 Å². The number of likely N-dealkylation sites (tertiary alicyclic amines) is 1. The van der Waals surface area contributed by atoms with E-state index in [0.29, 0.717) is 18.6 Å². The fourth-order valence-electron chi connectivity index (χ4n) is 4.39. The highest BCUT2D eigenvalue weighted by molar-refractivity contribution is 7.09. The minimum absolute atomic E-state index is 0.163. The van der Waals surface area contributed by atoms with Crippen LogP contribution in [-0.2, 0) is 6.61 Å². The maximum atomic E-state index is 13.1. The van der Waals surface area contributed by atoms with E-state index < -0.39 is 0 Å². The first-order valence-electron chi connectivity index (χ1n) is 9.65. The zero-order valence-corrected chi connectivity index (χ0v) is 16.1. The van der Waals surface area contributed by atoms with Gasteiger partial charge in [-0.3, -0.25) is 4.79 Å². The van der Waals surface area contributed by atoms with Crippen LogP contribution < -0.4 is 4.74 Å². The van der Waals surface area contributed by atoms with Gasteiger partial charge in [-0.05, 0) is 56.7 Å². The number of benzene rings is 1. The largest absolute Gasteiger partial charge is 0.487 e. The van der Waals surface area contributed by atoms with Gasteiger partial charge in [-0.2, -0.15) is 0 Å². The predicted molar refractivity (Wildman–Crippen MR) is 104 cm³/mol. The zero-order chi connectivity index (χ0) is 17.9. The van der Waals surface area contributed by atoms with Crippen molar-refractivity contribution in [2.75, 3.05) is 6.54 Å². The first kappa shape index (κ1) is 17.5. The average Bonchev–Trinajstić information content (AvgIpc) is 3.11. The lowest BCUT2D eigenvalue weighted by Crippen LogP contribution is -2.49. The number of hydrogen-bond donors (Lipinski definition) is 0. The van der Waals surface area contributed by atoms with Gasteiger partial charge < -0.3 is 9.64 Å². The molecule has 4 rings (SSSR count). The highest BCUT2D eigenvalue weighted by Gasteiger charge is 2.35. The molecule has 1 saturated heterocycles. The molecule has 2 fully saturated rings. The van der Waals surface area contributed by atoms with Gasteiger partial charge in [-0.1, -0.05) is 18.9 Å².